The minimum atomic E-state index is -0.500. The summed E-state index contributed by atoms with van der Waals surface area (Å²) in [5, 5.41) is 8.52. The van der Waals surface area contributed by atoms with Crippen LogP contribution < -0.4 is 0 Å². The van der Waals surface area contributed by atoms with Crippen molar-refractivity contribution in [3.63, 3.8) is 0 Å². The Bertz CT molecular complexity index is 472. The zero-order valence-corrected chi connectivity index (χ0v) is 16.8. The monoisotopic (exact) mass is 348 g/mol. The second kappa shape index (κ2) is 10.2. The molecule has 0 atom stereocenters. The van der Waals surface area contributed by atoms with E-state index in [0.717, 1.165) is 30.8 Å². The second-order valence-corrected chi connectivity index (χ2v) is 8.64. The van der Waals surface area contributed by atoms with Crippen LogP contribution in [0.2, 0.25) is 0 Å². The summed E-state index contributed by atoms with van der Waals surface area (Å²) in [7, 11) is 1.76. The lowest BCUT2D eigenvalue weighted by molar-refractivity contribution is 0.0814. The number of allylic oxidation sites excluding steroid dienone is 3. The third kappa shape index (κ3) is 12.9. The molecule has 1 saturated carbocycles. The van der Waals surface area contributed by atoms with Crippen LogP contribution in [0.3, 0.4) is 0 Å². The predicted molar refractivity (Wildman–Crippen MR) is 106 cm³/mol. The molecule has 0 aromatic heterocycles. The topological polar surface area (TPSA) is 51.0 Å². The first-order valence-corrected chi connectivity index (χ1v) is 9.37. The highest BCUT2D eigenvalue weighted by Crippen LogP contribution is 2.23. The van der Waals surface area contributed by atoms with E-state index >= 15 is 0 Å². The van der Waals surface area contributed by atoms with Gasteiger partial charge in [-0.3, -0.25) is 0 Å². The van der Waals surface area contributed by atoms with Crippen LogP contribution in [0.25, 0.3) is 0 Å². The SMILES string of the molecule is CC(C)(C)O.CC(C)(C)O[B]C1=NC(OC2CCCCC2)=CC=CC1. The van der Waals surface area contributed by atoms with Crippen LogP contribution in [0.1, 0.15) is 80.1 Å². The molecule has 2 aliphatic rings. The van der Waals surface area contributed by atoms with Crippen molar-refractivity contribution in [1.29, 1.82) is 0 Å². The summed E-state index contributed by atoms with van der Waals surface area (Å²) in [5.74, 6) is 0.717. The van der Waals surface area contributed by atoms with Crippen LogP contribution in [0.5, 0.6) is 0 Å². The number of aliphatic hydroxyl groups is 1. The molecule has 141 valence electrons. The van der Waals surface area contributed by atoms with E-state index in [9.17, 15) is 0 Å². The maximum atomic E-state index is 8.52. The maximum Gasteiger partial charge on any atom is 0.346 e. The molecule has 0 saturated heterocycles. The summed E-state index contributed by atoms with van der Waals surface area (Å²) in [4.78, 5) is 4.59. The van der Waals surface area contributed by atoms with Crippen molar-refractivity contribution in [1.82, 2.24) is 0 Å². The van der Waals surface area contributed by atoms with Crippen LogP contribution in [0, 0.1) is 0 Å². The first-order chi connectivity index (χ1) is 11.5. The number of hydrogen-bond donors (Lipinski definition) is 1. The number of ether oxygens (including phenoxy) is 1. The van der Waals surface area contributed by atoms with Gasteiger partial charge in [0, 0.05) is 11.2 Å². The zero-order chi connectivity index (χ0) is 18.9. The van der Waals surface area contributed by atoms with Gasteiger partial charge in [0.15, 0.2) is 0 Å². The molecule has 1 heterocycles. The molecule has 1 aliphatic heterocycles. The molecule has 0 spiro atoms. The van der Waals surface area contributed by atoms with Gasteiger partial charge in [-0.15, -0.1) is 0 Å². The number of aliphatic imine (C=N–C) groups is 1. The van der Waals surface area contributed by atoms with E-state index in [1.807, 2.05) is 32.9 Å². The minimum absolute atomic E-state index is 0.188. The van der Waals surface area contributed by atoms with Gasteiger partial charge in [-0.25, -0.2) is 4.99 Å². The van der Waals surface area contributed by atoms with Gasteiger partial charge >= 0.3 is 7.48 Å². The van der Waals surface area contributed by atoms with Crippen molar-refractivity contribution < 1.29 is 14.5 Å². The summed E-state index contributed by atoms with van der Waals surface area (Å²) in [6.07, 6.45) is 13.3. The van der Waals surface area contributed by atoms with Gasteiger partial charge in [-0.05, 0) is 79.7 Å². The standard InChI is InChI=1S/C16H25BNO2.C4H10O/c1-16(2,3)20-17-14-11-7-8-12-15(18-14)19-13-9-5-4-6-10-13;1-4(2,3)5/h7-8,12-13H,4-6,9-11H2,1-3H3;5H,1-3H3. The van der Waals surface area contributed by atoms with Crippen LogP contribution in [-0.4, -0.2) is 35.5 Å². The van der Waals surface area contributed by atoms with Crippen molar-refractivity contribution in [2.75, 3.05) is 0 Å². The Morgan fingerprint density at radius 2 is 1.68 bits per heavy atom. The molecule has 1 fully saturated rings. The number of rotatable bonds is 4. The normalized spacial score (nSPS) is 19.2. The van der Waals surface area contributed by atoms with E-state index < -0.39 is 5.60 Å². The second-order valence-electron chi connectivity index (χ2n) is 8.64. The molecule has 2 rings (SSSR count). The largest absolute Gasteiger partial charge is 0.474 e. The Kier molecular flexibility index (Phi) is 8.94. The highest BCUT2D eigenvalue weighted by atomic mass is 16.5. The van der Waals surface area contributed by atoms with Crippen molar-refractivity contribution in [2.45, 2.75) is 97.4 Å². The van der Waals surface area contributed by atoms with Gasteiger partial charge in [0.25, 0.3) is 0 Å². The van der Waals surface area contributed by atoms with Crippen LogP contribution >= 0.6 is 0 Å². The highest BCUT2D eigenvalue weighted by molar-refractivity contribution is 6.71. The van der Waals surface area contributed by atoms with Crippen molar-refractivity contribution >= 4 is 13.1 Å². The lowest BCUT2D eigenvalue weighted by Crippen LogP contribution is -2.26. The fourth-order valence-corrected chi connectivity index (χ4v) is 2.30. The third-order valence-corrected chi connectivity index (χ3v) is 3.34. The summed E-state index contributed by atoms with van der Waals surface area (Å²) in [6, 6.07) is 0. The summed E-state index contributed by atoms with van der Waals surface area (Å²) < 4.78 is 11.7. The molecule has 1 aliphatic carbocycles. The van der Waals surface area contributed by atoms with Gasteiger partial charge in [-0.2, -0.15) is 0 Å². The Labute approximate surface area is 154 Å². The minimum Gasteiger partial charge on any atom is -0.474 e. The van der Waals surface area contributed by atoms with Gasteiger partial charge in [0.05, 0.1) is 5.60 Å². The van der Waals surface area contributed by atoms with Crippen LogP contribution in [0.4, 0.5) is 0 Å². The summed E-state index contributed by atoms with van der Waals surface area (Å²) in [5.41, 5.74) is 0.225. The first-order valence-electron chi connectivity index (χ1n) is 9.37. The predicted octanol–water partition coefficient (Wildman–Crippen LogP) is 4.75. The van der Waals surface area contributed by atoms with Gasteiger partial charge in [-0.1, -0.05) is 18.6 Å². The molecule has 5 heteroatoms. The third-order valence-electron chi connectivity index (χ3n) is 3.34. The van der Waals surface area contributed by atoms with Crippen molar-refractivity contribution in [3.8, 4) is 0 Å². The lowest BCUT2D eigenvalue weighted by Gasteiger charge is -2.23. The quantitative estimate of drug-likeness (QED) is 0.746. The number of hydrogen-bond acceptors (Lipinski definition) is 4. The van der Waals surface area contributed by atoms with Crippen molar-refractivity contribution in [2.24, 2.45) is 4.99 Å². The average molecular weight is 348 g/mol. The van der Waals surface area contributed by atoms with Crippen molar-refractivity contribution in [3.05, 3.63) is 24.1 Å². The highest BCUT2D eigenvalue weighted by Gasteiger charge is 2.18. The summed E-state index contributed by atoms with van der Waals surface area (Å²) in [6.45, 7) is 11.3. The molecule has 4 nitrogen and oxygen atoms in total. The van der Waals surface area contributed by atoms with E-state index in [2.05, 4.69) is 11.1 Å². The molecule has 0 aromatic carbocycles. The van der Waals surface area contributed by atoms with E-state index in [0.29, 0.717) is 6.10 Å². The fraction of sp³-hybridized carbons (Fsp3) is 0.750. The molecule has 0 amide bonds. The van der Waals surface area contributed by atoms with E-state index in [-0.39, 0.29) is 5.60 Å². The number of nitrogens with zero attached hydrogens (tertiary/aromatic N) is 1. The lowest BCUT2D eigenvalue weighted by atomic mass is 9.88. The molecular weight excluding hydrogens is 313 g/mol. The Morgan fingerprint density at radius 3 is 2.24 bits per heavy atom. The molecule has 25 heavy (non-hydrogen) atoms. The van der Waals surface area contributed by atoms with Gasteiger partial charge in [0.1, 0.15) is 6.10 Å². The first kappa shape index (κ1) is 22.0. The maximum absolute atomic E-state index is 8.52. The van der Waals surface area contributed by atoms with Crippen LogP contribution in [0.15, 0.2) is 29.1 Å². The van der Waals surface area contributed by atoms with E-state index in [1.54, 1.807) is 28.3 Å². The van der Waals surface area contributed by atoms with E-state index in [1.165, 1.54) is 19.3 Å². The Hall–Kier alpha value is -1.07. The van der Waals surface area contributed by atoms with Gasteiger partial charge in [0.2, 0.25) is 5.88 Å². The fourth-order valence-electron chi connectivity index (χ4n) is 2.30. The van der Waals surface area contributed by atoms with Gasteiger partial charge < -0.3 is 14.5 Å². The molecule has 0 bridgehead atoms. The Morgan fingerprint density at radius 1 is 1.08 bits per heavy atom. The molecule has 0 aromatic rings. The average Bonchev–Trinajstić information content (AvgIpc) is 2.69. The van der Waals surface area contributed by atoms with Crippen LogP contribution in [-0.2, 0) is 9.39 Å². The summed E-state index contributed by atoms with van der Waals surface area (Å²) >= 11 is 0. The zero-order valence-electron chi connectivity index (χ0n) is 16.8. The van der Waals surface area contributed by atoms with E-state index in [4.69, 9.17) is 14.5 Å². The molecular formula is C20H35BNO3. The molecule has 1 N–H and O–H groups in total. The molecule has 1 radical (unpaired) electrons. The smallest absolute Gasteiger partial charge is 0.346 e. The molecule has 0 unspecified atom stereocenters. The Balaban J connectivity index is 0.000000550.